The molecule has 1 aromatic heterocycles. The van der Waals surface area contributed by atoms with Crippen LogP contribution in [-0.4, -0.2) is 36.6 Å². The van der Waals surface area contributed by atoms with E-state index in [-0.39, 0.29) is 0 Å². The Morgan fingerprint density at radius 2 is 2.15 bits per heavy atom. The summed E-state index contributed by atoms with van der Waals surface area (Å²) >= 11 is 1.90. The number of hydrogen-bond donors (Lipinski definition) is 1. The Bertz CT molecular complexity index is 417. The van der Waals surface area contributed by atoms with Gasteiger partial charge < -0.3 is 5.32 Å². The Hall–Kier alpha value is -0.380. The van der Waals surface area contributed by atoms with E-state index in [0.717, 1.165) is 12.0 Å². The van der Waals surface area contributed by atoms with Gasteiger partial charge in [0.25, 0.3) is 0 Å². The van der Waals surface area contributed by atoms with Crippen LogP contribution in [0.15, 0.2) is 17.5 Å². The molecule has 3 rings (SSSR count). The van der Waals surface area contributed by atoms with Gasteiger partial charge in [0.2, 0.25) is 0 Å². The Balaban J connectivity index is 1.62. The summed E-state index contributed by atoms with van der Waals surface area (Å²) in [4.78, 5) is 4.31. The van der Waals surface area contributed by atoms with Crippen LogP contribution in [0, 0.1) is 11.3 Å². The van der Waals surface area contributed by atoms with Crippen molar-refractivity contribution in [1.82, 2.24) is 10.2 Å². The molecule has 1 aliphatic heterocycles. The van der Waals surface area contributed by atoms with Gasteiger partial charge in [0, 0.05) is 36.6 Å². The second kappa shape index (κ2) is 5.78. The van der Waals surface area contributed by atoms with Crippen LogP contribution in [0.4, 0.5) is 0 Å². The van der Waals surface area contributed by atoms with Crippen molar-refractivity contribution in [2.75, 3.05) is 19.6 Å². The third-order valence-corrected chi connectivity index (χ3v) is 5.83. The fourth-order valence-electron chi connectivity index (χ4n) is 3.32. The van der Waals surface area contributed by atoms with Crippen molar-refractivity contribution in [3.8, 4) is 0 Å². The van der Waals surface area contributed by atoms with Crippen LogP contribution >= 0.6 is 11.3 Å². The molecule has 2 nitrogen and oxygen atoms in total. The Morgan fingerprint density at radius 1 is 1.35 bits per heavy atom. The summed E-state index contributed by atoms with van der Waals surface area (Å²) in [6.45, 7) is 10.7. The summed E-state index contributed by atoms with van der Waals surface area (Å²) in [5, 5.41) is 6.01. The first kappa shape index (κ1) is 14.6. The lowest BCUT2D eigenvalue weighted by Crippen LogP contribution is -2.61. The van der Waals surface area contributed by atoms with Crippen molar-refractivity contribution < 1.29 is 0 Å². The molecule has 2 heterocycles. The van der Waals surface area contributed by atoms with E-state index in [2.05, 4.69) is 48.5 Å². The van der Waals surface area contributed by atoms with Crippen LogP contribution in [-0.2, 0) is 6.42 Å². The molecule has 112 valence electrons. The lowest BCUT2D eigenvalue weighted by atomic mass is 9.84. The van der Waals surface area contributed by atoms with Crippen molar-refractivity contribution >= 4 is 11.3 Å². The highest BCUT2D eigenvalue weighted by atomic mass is 32.1. The normalized spacial score (nSPS) is 28.8. The van der Waals surface area contributed by atoms with Crippen molar-refractivity contribution in [2.24, 2.45) is 11.3 Å². The van der Waals surface area contributed by atoms with Crippen molar-refractivity contribution in [2.45, 2.75) is 52.1 Å². The van der Waals surface area contributed by atoms with E-state index < -0.39 is 0 Å². The maximum absolute atomic E-state index is 3.81. The number of hydrogen-bond acceptors (Lipinski definition) is 3. The Labute approximate surface area is 127 Å². The molecule has 0 spiro atoms. The Kier molecular flexibility index (Phi) is 4.21. The van der Waals surface area contributed by atoms with E-state index in [1.807, 2.05) is 11.3 Å². The second-order valence-corrected chi connectivity index (χ2v) is 8.59. The molecular formula is C17H28N2S. The quantitative estimate of drug-likeness (QED) is 0.915. The summed E-state index contributed by atoms with van der Waals surface area (Å²) in [7, 11) is 0. The van der Waals surface area contributed by atoms with E-state index in [4.69, 9.17) is 0 Å². The highest BCUT2D eigenvalue weighted by molar-refractivity contribution is 7.09. The molecule has 3 heteroatoms. The smallest absolute Gasteiger partial charge is 0.0249 e. The molecule has 2 fully saturated rings. The maximum atomic E-state index is 3.81. The highest BCUT2D eigenvalue weighted by Crippen LogP contribution is 2.37. The van der Waals surface area contributed by atoms with Crippen LogP contribution in [0.1, 0.15) is 38.5 Å². The minimum atomic E-state index is 0.357. The minimum absolute atomic E-state index is 0.357. The van der Waals surface area contributed by atoms with Gasteiger partial charge in [-0.3, -0.25) is 4.90 Å². The van der Waals surface area contributed by atoms with Crippen LogP contribution in [0.25, 0.3) is 0 Å². The van der Waals surface area contributed by atoms with E-state index in [1.165, 1.54) is 43.8 Å². The lowest BCUT2D eigenvalue weighted by Gasteiger charge is -2.45. The second-order valence-electron chi connectivity index (χ2n) is 7.56. The maximum Gasteiger partial charge on any atom is 0.0249 e. The first-order valence-corrected chi connectivity index (χ1v) is 8.92. The van der Waals surface area contributed by atoms with Gasteiger partial charge in [0.05, 0.1) is 0 Å². The molecule has 1 aromatic rings. The molecule has 1 N–H and O–H groups in total. The van der Waals surface area contributed by atoms with Crippen LogP contribution in [0.5, 0.6) is 0 Å². The van der Waals surface area contributed by atoms with Gasteiger partial charge in [0.15, 0.2) is 0 Å². The van der Waals surface area contributed by atoms with Crippen LogP contribution < -0.4 is 5.32 Å². The van der Waals surface area contributed by atoms with E-state index in [9.17, 15) is 0 Å². The lowest BCUT2D eigenvalue weighted by molar-refractivity contribution is 0.0761. The van der Waals surface area contributed by atoms with Gasteiger partial charge >= 0.3 is 0 Å². The molecule has 1 saturated carbocycles. The molecule has 1 saturated heterocycles. The third-order valence-electron chi connectivity index (χ3n) is 4.90. The van der Waals surface area contributed by atoms with Crippen molar-refractivity contribution in [1.29, 1.82) is 0 Å². The van der Waals surface area contributed by atoms with Gasteiger partial charge in [0.1, 0.15) is 0 Å². The molecule has 1 aliphatic carbocycles. The molecule has 20 heavy (non-hydrogen) atoms. The predicted molar refractivity (Wildman–Crippen MR) is 87.4 cm³/mol. The zero-order valence-electron chi connectivity index (χ0n) is 13.1. The fraction of sp³-hybridized carbons (Fsp3) is 0.765. The van der Waals surface area contributed by atoms with Crippen LogP contribution in [0.3, 0.4) is 0 Å². The number of nitrogens with one attached hydrogen (secondary N) is 1. The highest BCUT2D eigenvalue weighted by Gasteiger charge is 2.40. The number of nitrogens with zero attached hydrogens (tertiary/aromatic N) is 1. The van der Waals surface area contributed by atoms with Crippen molar-refractivity contribution in [3.63, 3.8) is 0 Å². The fourth-order valence-corrected chi connectivity index (χ4v) is 4.02. The van der Waals surface area contributed by atoms with E-state index in [1.54, 1.807) is 0 Å². The average Bonchev–Trinajstić information content (AvgIpc) is 3.11. The molecular weight excluding hydrogens is 264 g/mol. The molecule has 2 atom stereocenters. The molecule has 0 aromatic carbocycles. The summed E-state index contributed by atoms with van der Waals surface area (Å²) in [6.07, 6.45) is 4.11. The van der Waals surface area contributed by atoms with E-state index >= 15 is 0 Å². The van der Waals surface area contributed by atoms with Gasteiger partial charge in [-0.1, -0.05) is 26.8 Å². The first-order valence-electron chi connectivity index (χ1n) is 8.04. The predicted octanol–water partition coefficient (Wildman–Crippen LogP) is 3.39. The standard InChI is InChI=1S/C17H28N2S/c1-17(2,3)16-12-19(9-8-14-5-4-10-20-14)15(11-18-16)13-6-7-13/h4-5,10,13,15-16,18H,6-9,11-12H2,1-3H3. The van der Waals surface area contributed by atoms with Gasteiger partial charge in [-0.05, 0) is 42.0 Å². The number of thiophene rings is 1. The van der Waals surface area contributed by atoms with Gasteiger partial charge in [-0.15, -0.1) is 11.3 Å². The van der Waals surface area contributed by atoms with E-state index in [0.29, 0.717) is 11.5 Å². The van der Waals surface area contributed by atoms with Gasteiger partial charge in [-0.25, -0.2) is 0 Å². The largest absolute Gasteiger partial charge is 0.311 e. The van der Waals surface area contributed by atoms with Crippen molar-refractivity contribution in [3.05, 3.63) is 22.4 Å². The molecule has 0 radical (unpaired) electrons. The summed E-state index contributed by atoms with van der Waals surface area (Å²) in [6, 6.07) is 5.86. The molecule has 2 aliphatic rings. The third kappa shape index (κ3) is 3.44. The zero-order chi connectivity index (χ0) is 14.2. The monoisotopic (exact) mass is 292 g/mol. The molecule has 2 unspecified atom stereocenters. The summed E-state index contributed by atoms with van der Waals surface area (Å²) < 4.78 is 0. The topological polar surface area (TPSA) is 15.3 Å². The summed E-state index contributed by atoms with van der Waals surface area (Å²) in [5.74, 6) is 0.965. The Morgan fingerprint density at radius 3 is 2.75 bits per heavy atom. The summed E-state index contributed by atoms with van der Waals surface area (Å²) in [5.41, 5.74) is 0.357. The minimum Gasteiger partial charge on any atom is -0.311 e. The van der Waals surface area contributed by atoms with Crippen LogP contribution in [0.2, 0.25) is 0 Å². The molecule has 0 amide bonds. The average molecular weight is 292 g/mol. The number of rotatable bonds is 4. The van der Waals surface area contributed by atoms with Gasteiger partial charge in [-0.2, -0.15) is 0 Å². The first-order chi connectivity index (χ1) is 9.54. The molecule has 0 bridgehead atoms. The number of piperazine rings is 1. The SMILES string of the molecule is CC(C)(C)C1CN(CCc2cccs2)C(C2CC2)CN1. The zero-order valence-corrected chi connectivity index (χ0v) is 13.9.